The van der Waals surface area contributed by atoms with Gasteiger partial charge in [0, 0.05) is 25.0 Å². The maximum Gasteiger partial charge on any atom is 0.317 e. The van der Waals surface area contributed by atoms with Crippen LogP contribution in [0.15, 0.2) is 60.7 Å². The van der Waals surface area contributed by atoms with Crippen LogP contribution in [0.5, 0.6) is 0 Å². The zero-order chi connectivity index (χ0) is 17.8. The maximum absolute atomic E-state index is 12.6. The van der Waals surface area contributed by atoms with Crippen molar-refractivity contribution in [1.82, 2.24) is 10.2 Å². The highest BCUT2D eigenvalue weighted by atomic mass is 16.2. The Bertz CT molecular complexity index is 716. The van der Waals surface area contributed by atoms with Crippen LogP contribution in [0.25, 0.3) is 0 Å². The van der Waals surface area contributed by atoms with Gasteiger partial charge in [0.2, 0.25) is 0 Å². The van der Waals surface area contributed by atoms with E-state index in [1.807, 2.05) is 4.90 Å². The minimum atomic E-state index is 0.116. The minimum absolute atomic E-state index is 0.116. The van der Waals surface area contributed by atoms with Gasteiger partial charge in [0.15, 0.2) is 0 Å². The topological polar surface area (TPSA) is 32.3 Å². The first-order valence-corrected chi connectivity index (χ1v) is 9.87. The Morgan fingerprint density at radius 3 is 2.19 bits per heavy atom. The number of benzene rings is 2. The average molecular weight is 348 g/mol. The Morgan fingerprint density at radius 1 is 0.962 bits per heavy atom. The molecule has 2 aliphatic rings. The Balaban J connectivity index is 1.24. The molecular weight excluding hydrogens is 320 g/mol. The molecule has 0 aromatic heterocycles. The van der Waals surface area contributed by atoms with E-state index in [9.17, 15) is 4.79 Å². The third-order valence-corrected chi connectivity index (χ3v) is 6.09. The van der Waals surface area contributed by atoms with E-state index in [-0.39, 0.29) is 11.4 Å². The molecule has 136 valence electrons. The first-order chi connectivity index (χ1) is 12.8. The molecule has 1 saturated carbocycles. The van der Waals surface area contributed by atoms with Gasteiger partial charge in [0.25, 0.3) is 0 Å². The summed E-state index contributed by atoms with van der Waals surface area (Å²) < 4.78 is 0. The Hall–Kier alpha value is -2.29. The summed E-state index contributed by atoms with van der Waals surface area (Å²) in [7, 11) is 0. The smallest absolute Gasteiger partial charge is 0.317 e. The van der Waals surface area contributed by atoms with Crippen LogP contribution in [0.4, 0.5) is 4.79 Å². The number of carbonyl (C=O) groups is 1. The van der Waals surface area contributed by atoms with Crippen LogP contribution in [0.1, 0.15) is 36.8 Å². The molecule has 1 saturated heterocycles. The number of amides is 2. The van der Waals surface area contributed by atoms with Crippen LogP contribution in [-0.4, -0.2) is 30.6 Å². The van der Waals surface area contributed by atoms with Gasteiger partial charge >= 0.3 is 6.03 Å². The summed E-state index contributed by atoms with van der Waals surface area (Å²) in [5, 5.41) is 3.21. The second-order valence-electron chi connectivity index (χ2n) is 7.93. The van der Waals surface area contributed by atoms with Gasteiger partial charge in [-0.15, -0.1) is 0 Å². The monoisotopic (exact) mass is 348 g/mol. The summed E-state index contributed by atoms with van der Waals surface area (Å²) in [6, 6.07) is 21.4. The standard InChI is InChI=1S/C23H28N2O/c26-22(24-18-23(13-14-23)21-9-5-2-6-10-21)25-15-11-20(12-16-25)17-19-7-3-1-4-8-19/h1-10,20H,11-18H2,(H,24,26). The third kappa shape index (κ3) is 3.92. The Morgan fingerprint density at radius 2 is 1.58 bits per heavy atom. The molecule has 2 fully saturated rings. The second kappa shape index (κ2) is 7.53. The number of nitrogens with zero attached hydrogens (tertiary/aromatic N) is 1. The van der Waals surface area contributed by atoms with Crippen molar-refractivity contribution in [2.75, 3.05) is 19.6 Å². The van der Waals surface area contributed by atoms with Crippen molar-refractivity contribution in [2.24, 2.45) is 5.92 Å². The number of likely N-dealkylation sites (tertiary alicyclic amines) is 1. The molecule has 3 heteroatoms. The first kappa shape index (κ1) is 17.1. The van der Waals surface area contributed by atoms with Gasteiger partial charge in [-0.2, -0.15) is 0 Å². The van der Waals surface area contributed by atoms with Crippen molar-refractivity contribution in [3.05, 3.63) is 71.8 Å². The number of piperidine rings is 1. The lowest BCUT2D eigenvalue weighted by Crippen LogP contribution is -2.46. The highest BCUT2D eigenvalue weighted by Crippen LogP contribution is 2.47. The lowest BCUT2D eigenvalue weighted by atomic mass is 9.90. The van der Waals surface area contributed by atoms with Gasteiger partial charge < -0.3 is 10.2 Å². The molecule has 0 bridgehead atoms. The number of hydrogen-bond acceptors (Lipinski definition) is 1. The molecule has 0 unspecified atom stereocenters. The first-order valence-electron chi connectivity index (χ1n) is 9.87. The molecule has 1 N–H and O–H groups in total. The molecule has 1 heterocycles. The van der Waals surface area contributed by atoms with Gasteiger partial charge in [-0.25, -0.2) is 4.79 Å². The molecule has 3 nitrogen and oxygen atoms in total. The van der Waals surface area contributed by atoms with E-state index in [0.29, 0.717) is 5.92 Å². The van der Waals surface area contributed by atoms with Crippen molar-refractivity contribution in [2.45, 2.75) is 37.5 Å². The van der Waals surface area contributed by atoms with E-state index in [2.05, 4.69) is 66.0 Å². The quantitative estimate of drug-likeness (QED) is 0.854. The predicted octanol–water partition coefficient (Wildman–Crippen LogP) is 4.38. The minimum Gasteiger partial charge on any atom is -0.337 e. The molecule has 2 aromatic carbocycles. The summed E-state index contributed by atoms with van der Waals surface area (Å²) in [4.78, 5) is 14.6. The van der Waals surface area contributed by atoms with Gasteiger partial charge in [0.05, 0.1) is 0 Å². The van der Waals surface area contributed by atoms with E-state index in [4.69, 9.17) is 0 Å². The zero-order valence-corrected chi connectivity index (χ0v) is 15.4. The highest BCUT2D eigenvalue weighted by Gasteiger charge is 2.44. The Labute approximate surface area is 156 Å². The molecule has 0 radical (unpaired) electrons. The fourth-order valence-electron chi connectivity index (χ4n) is 4.15. The van der Waals surface area contributed by atoms with E-state index in [1.165, 1.54) is 24.0 Å². The normalized spacial score (nSPS) is 19.2. The highest BCUT2D eigenvalue weighted by molar-refractivity contribution is 5.74. The summed E-state index contributed by atoms with van der Waals surface area (Å²) in [5.41, 5.74) is 2.96. The fourth-order valence-corrected chi connectivity index (χ4v) is 4.15. The van der Waals surface area contributed by atoms with Crippen LogP contribution in [0.3, 0.4) is 0 Å². The lowest BCUT2D eigenvalue weighted by Gasteiger charge is -2.32. The number of hydrogen-bond donors (Lipinski definition) is 1. The number of nitrogens with one attached hydrogen (secondary N) is 1. The largest absolute Gasteiger partial charge is 0.337 e. The van der Waals surface area contributed by atoms with E-state index >= 15 is 0 Å². The summed E-state index contributed by atoms with van der Waals surface area (Å²) in [5.74, 6) is 0.695. The van der Waals surface area contributed by atoms with Gasteiger partial charge in [-0.3, -0.25) is 0 Å². The number of urea groups is 1. The van der Waals surface area contributed by atoms with E-state index < -0.39 is 0 Å². The summed E-state index contributed by atoms with van der Waals surface area (Å²) >= 11 is 0. The molecule has 0 atom stereocenters. The third-order valence-electron chi connectivity index (χ3n) is 6.09. The van der Waals surface area contributed by atoms with Gasteiger partial charge in [0.1, 0.15) is 0 Å². The molecule has 2 amide bonds. The molecule has 0 spiro atoms. The molecule has 1 aliphatic heterocycles. The van der Waals surface area contributed by atoms with Crippen LogP contribution < -0.4 is 5.32 Å². The second-order valence-corrected chi connectivity index (χ2v) is 7.93. The lowest BCUT2D eigenvalue weighted by molar-refractivity contribution is 0.169. The fraction of sp³-hybridized carbons (Fsp3) is 0.435. The molecule has 26 heavy (non-hydrogen) atoms. The van der Waals surface area contributed by atoms with Crippen LogP contribution in [-0.2, 0) is 11.8 Å². The van der Waals surface area contributed by atoms with Crippen molar-refractivity contribution in [3.8, 4) is 0 Å². The van der Waals surface area contributed by atoms with Crippen molar-refractivity contribution >= 4 is 6.03 Å². The van der Waals surface area contributed by atoms with Crippen LogP contribution in [0, 0.1) is 5.92 Å². The Kier molecular flexibility index (Phi) is 4.96. The average Bonchev–Trinajstić information content (AvgIpc) is 3.49. The molecule has 4 rings (SSSR count). The summed E-state index contributed by atoms with van der Waals surface area (Å²) in [6.07, 6.45) is 5.69. The molecule has 1 aliphatic carbocycles. The molecule has 2 aromatic rings. The SMILES string of the molecule is O=C(NCC1(c2ccccc2)CC1)N1CCC(Cc2ccccc2)CC1. The summed E-state index contributed by atoms with van der Waals surface area (Å²) in [6.45, 7) is 2.52. The van der Waals surface area contributed by atoms with E-state index in [0.717, 1.165) is 38.9 Å². The number of rotatable bonds is 5. The van der Waals surface area contributed by atoms with Crippen molar-refractivity contribution < 1.29 is 4.79 Å². The number of carbonyl (C=O) groups excluding carboxylic acids is 1. The van der Waals surface area contributed by atoms with E-state index in [1.54, 1.807) is 0 Å². The van der Waals surface area contributed by atoms with Crippen LogP contribution in [0.2, 0.25) is 0 Å². The van der Waals surface area contributed by atoms with Crippen molar-refractivity contribution in [1.29, 1.82) is 0 Å². The predicted molar refractivity (Wildman–Crippen MR) is 105 cm³/mol. The molecular formula is C23H28N2O. The maximum atomic E-state index is 12.6. The van der Waals surface area contributed by atoms with Crippen LogP contribution >= 0.6 is 0 Å². The van der Waals surface area contributed by atoms with Gasteiger partial charge in [-0.05, 0) is 49.1 Å². The zero-order valence-electron chi connectivity index (χ0n) is 15.4. The van der Waals surface area contributed by atoms with Gasteiger partial charge in [-0.1, -0.05) is 60.7 Å². The van der Waals surface area contributed by atoms with Crippen molar-refractivity contribution in [3.63, 3.8) is 0 Å².